The molecule has 0 amide bonds. The first-order valence-corrected chi connectivity index (χ1v) is 7.89. The number of aliphatic hydroxyl groups excluding tert-OH is 2. The average Bonchev–Trinajstić information content (AvgIpc) is 2.43. The third kappa shape index (κ3) is 7.25. The predicted octanol–water partition coefficient (Wildman–Crippen LogP) is 1.56. The molecule has 0 spiro atoms. The number of hydrogen-bond acceptors (Lipinski definition) is 4. The molecular weight excluding hydrogens is 240 g/mol. The fourth-order valence-electron chi connectivity index (χ4n) is 2.70. The Morgan fingerprint density at radius 2 is 1.47 bits per heavy atom. The van der Waals surface area contributed by atoms with Gasteiger partial charge in [-0.05, 0) is 52.0 Å². The van der Waals surface area contributed by atoms with E-state index in [1.54, 1.807) is 0 Å². The number of hydrogen-bond donors (Lipinski definition) is 2. The van der Waals surface area contributed by atoms with Crippen LogP contribution in [-0.4, -0.2) is 71.5 Å². The second-order valence-electron chi connectivity index (χ2n) is 5.04. The first-order valence-electron chi connectivity index (χ1n) is 7.89. The highest BCUT2D eigenvalue weighted by molar-refractivity contribution is 4.78. The summed E-state index contributed by atoms with van der Waals surface area (Å²) >= 11 is 0. The van der Waals surface area contributed by atoms with Crippen LogP contribution in [-0.2, 0) is 0 Å². The van der Waals surface area contributed by atoms with Crippen molar-refractivity contribution < 1.29 is 10.2 Å². The number of nitrogens with zero attached hydrogens (tertiary/aromatic N) is 2. The molecule has 0 rings (SSSR count). The van der Waals surface area contributed by atoms with Crippen LogP contribution in [0.25, 0.3) is 0 Å². The lowest BCUT2D eigenvalue weighted by atomic mass is 10.0. The quantitative estimate of drug-likeness (QED) is 0.567. The van der Waals surface area contributed by atoms with E-state index in [0.29, 0.717) is 6.42 Å². The van der Waals surface area contributed by atoms with Gasteiger partial charge in [0.25, 0.3) is 0 Å². The first kappa shape index (κ1) is 18.8. The van der Waals surface area contributed by atoms with E-state index in [4.69, 9.17) is 5.11 Å². The Balaban J connectivity index is 4.20. The van der Waals surface area contributed by atoms with E-state index >= 15 is 0 Å². The summed E-state index contributed by atoms with van der Waals surface area (Å²) in [5.74, 6) is 0. The van der Waals surface area contributed by atoms with Gasteiger partial charge in [0.2, 0.25) is 0 Å². The minimum atomic E-state index is -0.331. The molecule has 0 saturated heterocycles. The SMILES string of the molecule is CCN(CC)CCCC(O)C(CCO)N(CC)CC. The van der Waals surface area contributed by atoms with Gasteiger partial charge in [-0.15, -0.1) is 0 Å². The van der Waals surface area contributed by atoms with Crippen molar-refractivity contribution in [2.45, 2.75) is 59.1 Å². The number of likely N-dealkylation sites (N-methyl/N-ethyl adjacent to an activating group) is 1. The first-order chi connectivity index (χ1) is 9.14. The Kier molecular flexibility index (Phi) is 11.6. The molecule has 0 bridgehead atoms. The van der Waals surface area contributed by atoms with Crippen LogP contribution < -0.4 is 0 Å². The normalized spacial score (nSPS) is 15.2. The van der Waals surface area contributed by atoms with Crippen LogP contribution in [0.3, 0.4) is 0 Å². The summed E-state index contributed by atoms with van der Waals surface area (Å²) in [7, 11) is 0. The molecule has 0 aromatic carbocycles. The third-order valence-corrected chi connectivity index (χ3v) is 4.02. The lowest BCUT2D eigenvalue weighted by Crippen LogP contribution is -2.44. The van der Waals surface area contributed by atoms with Crippen molar-refractivity contribution in [1.82, 2.24) is 9.80 Å². The number of aliphatic hydroxyl groups is 2. The topological polar surface area (TPSA) is 46.9 Å². The van der Waals surface area contributed by atoms with Crippen LogP contribution in [0.2, 0.25) is 0 Å². The highest BCUT2D eigenvalue weighted by Crippen LogP contribution is 2.13. The van der Waals surface area contributed by atoms with Gasteiger partial charge < -0.3 is 15.1 Å². The molecule has 2 atom stereocenters. The predicted molar refractivity (Wildman–Crippen MR) is 81.4 cm³/mol. The van der Waals surface area contributed by atoms with Gasteiger partial charge in [0.1, 0.15) is 0 Å². The van der Waals surface area contributed by atoms with Crippen LogP contribution in [0, 0.1) is 0 Å². The van der Waals surface area contributed by atoms with E-state index in [1.807, 2.05) is 0 Å². The van der Waals surface area contributed by atoms with E-state index in [9.17, 15) is 5.11 Å². The fraction of sp³-hybridized carbons (Fsp3) is 1.00. The zero-order valence-electron chi connectivity index (χ0n) is 13.3. The maximum atomic E-state index is 10.4. The van der Waals surface area contributed by atoms with Gasteiger partial charge >= 0.3 is 0 Å². The van der Waals surface area contributed by atoms with E-state index < -0.39 is 0 Å². The van der Waals surface area contributed by atoms with Gasteiger partial charge in [-0.25, -0.2) is 0 Å². The molecule has 19 heavy (non-hydrogen) atoms. The van der Waals surface area contributed by atoms with E-state index in [-0.39, 0.29) is 18.8 Å². The summed E-state index contributed by atoms with van der Waals surface area (Å²) < 4.78 is 0. The van der Waals surface area contributed by atoms with E-state index in [2.05, 4.69) is 37.5 Å². The van der Waals surface area contributed by atoms with Gasteiger partial charge in [0, 0.05) is 12.6 Å². The van der Waals surface area contributed by atoms with Gasteiger partial charge in [0.05, 0.1) is 6.10 Å². The Morgan fingerprint density at radius 1 is 0.895 bits per heavy atom. The van der Waals surface area contributed by atoms with Gasteiger partial charge in [-0.3, -0.25) is 4.90 Å². The molecule has 0 heterocycles. The average molecular weight is 274 g/mol. The Bertz CT molecular complexity index is 195. The van der Waals surface area contributed by atoms with Gasteiger partial charge in [-0.1, -0.05) is 27.7 Å². The smallest absolute Gasteiger partial charge is 0.0696 e. The fourth-order valence-corrected chi connectivity index (χ4v) is 2.70. The Morgan fingerprint density at radius 3 is 1.89 bits per heavy atom. The zero-order valence-corrected chi connectivity index (χ0v) is 13.3. The summed E-state index contributed by atoms with van der Waals surface area (Å²) in [5, 5.41) is 19.5. The molecule has 0 saturated carbocycles. The molecule has 0 aliphatic carbocycles. The molecular formula is C15H34N2O2. The van der Waals surface area contributed by atoms with Crippen molar-refractivity contribution >= 4 is 0 Å². The monoisotopic (exact) mass is 274 g/mol. The van der Waals surface area contributed by atoms with Crippen molar-refractivity contribution in [3.05, 3.63) is 0 Å². The van der Waals surface area contributed by atoms with E-state index in [1.165, 1.54) is 0 Å². The lowest BCUT2D eigenvalue weighted by Gasteiger charge is -2.33. The minimum Gasteiger partial charge on any atom is -0.396 e. The largest absolute Gasteiger partial charge is 0.396 e. The van der Waals surface area contributed by atoms with Crippen LogP contribution in [0.15, 0.2) is 0 Å². The minimum absolute atomic E-state index is 0.0942. The second-order valence-corrected chi connectivity index (χ2v) is 5.04. The lowest BCUT2D eigenvalue weighted by molar-refractivity contribution is 0.0317. The molecule has 2 N–H and O–H groups in total. The second kappa shape index (κ2) is 11.6. The van der Waals surface area contributed by atoms with Gasteiger partial charge in [-0.2, -0.15) is 0 Å². The maximum absolute atomic E-state index is 10.4. The summed E-state index contributed by atoms with van der Waals surface area (Å²) in [6.45, 7) is 13.7. The summed E-state index contributed by atoms with van der Waals surface area (Å²) in [6, 6.07) is 0.0942. The summed E-state index contributed by atoms with van der Waals surface area (Å²) in [6.07, 6.45) is 2.17. The Labute approximate surface area is 119 Å². The molecule has 0 radical (unpaired) electrons. The van der Waals surface area contributed by atoms with Crippen molar-refractivity contribution in [1.29, 1.82) is 0 Å². The molecule has 0 aliphatic heterocycles. The molecule has 0 aromatic rings. The highest BCUT2D eigenvalue weighted by atomic mass is 16.3. The molecule has 0 aromatic heterocycles. The maximum Gasteiger partial charge on any atom is 0.0696 e. The van der Waals surface area contributed by atoms with Crippen LogP contribution in [0.4, 0.5) is 0 Å². The summed E-state index contributed by atoms with van der Waals surface area (Å²) in [5.41, 5.74) is 0. The van der Waals surface area contributed by atoms with Crippen molar-refractivity contribution in [3.63, 3.8) is 0 Å². The molecule has 2 unspecified atom stereocenters. The molecule has 0 fully saturated rings. The van der Waals surface area contributed by atoms with Crippen molar-refractivity contribution in [2.75, 3.05) is 39.3 Å². The van der Waals surface area contributed by atoms with Gasteiger partial charge in [0.15, 0.2) is 0 Å². The number of rotatable bonds is 12. The van der Waals surface area contributed by atoms with Crippen molar-refractivity contribution in [3.8, 4) is 0 Å². The van der Waals surface area contributed by atoms with Crippen molar-refractivity contribution in [2.24, 2.45) is 0 Å². The van der Waals surface area contributed by atoms with Crippen LogP contribution >= 0.6 is 0 Å². The standard InChI is InChI=1S/C15H34N2O2/c1-5-16(6-2)12-9-10-15(19)14(11-13-18)17(7-3)8-4/h14-15,18-19H,5-13H2,1-4H3. The Hall–Kier alpha value is -0.160. The van der Waals surface area contributed by atoms with Crippen LogP contribution in [0.5, 0.6) is 0 Å². The highest BCUT2D eigenvalue weighted by Gasteiger charge is 2.23. The van der Waals surface area contributed by atoms with E-state index in [0.717, 1.165) is 45.6 Å². The molecule has 4 nitrogen and oxygen atoms in total. The molecule has 4 heteroatoms. The molecule has 116 valence electrons. The summed E-state index contributed by atoms with van der Waals surface area (Å²) in [4.78, 5) is 4.63. The third-order valence-electron chi connectivity index (χ3n) is 4.02. The zero-order chi connectivity index (χ0) is 14.7. The van der Waals surface area contributed by atoms with Crippen LogP contribution in [0.1, 0.15) is 47.0 Å². The molecule has 0 aliphatic rings.